The lowest BCUT2D eigenvalue weighted by molar-refractivity contribution is 0.424. The van der Waals surface area contributed by atoms with Crippen LogP contribution < -0.4 is 5.32 Å². The van der Waals surface area contributed by atoms with Crippen molar-refractivity contribution >= 4 is 15.9 Å². The lowest BCUT2D eigenvalue weighted by Gasteiger charge is -2.15. The molecule has 0 bridgehead atoms. The van der Waals surface area contributed by atoms with Gasteiger partial charge in [0.25, 0.3) is 0 Å². The average molecular weight is 316 g/mol. The maximum atomic E-state index is 4.59. The van der Waals surface area contributed by atoms with Crippen molar-refractivity contribution in [2.24, 2.45) is 5.92 Å². The molecule has 0 aromatic carbocycles. The Balaban J connectivity index is 2.36. The largest absolute Gasteiger partial charge is 0.316 e. The molecular formula is C14H26BrN3. The topological polar surface area (TPSA) is 29.9 Å². The number of nitrogens with zero attached hydrogens (tertiary/aromatic N) is 2. The molecule has 1 aromatic heterocycles. The highest BCUT2D eigenvalue weighted by Crippen LogP contribution is 2.24. The van der Waals surface area contributed by atoms with Crippen LogP contribution in [0.2, 0.25) is 0 Å². The van der Waals surface area contributed by atoms with E-state index in [1.165, 1.54) is 18.5 Å². The minimum Gasteiger partial charge on any atom is -0.316 e. The molecule has 1 unspecified atom stereocenters. The summed E-state index contributed by atoms with van der Waals surface area (Å²) in [7, 11) is 0. The van der Waals surface area contributed by atoms with Crippen molar-refractivity contribution in [3.05, 3.63) is 15.9 Å². The first-order valence-corrected chi connectivity index (χ1v) is 7.64. The first-order valence-electron chi connectivity index (χ1n) is 6.85. The van der Waals surface area contributed by atoms with E-state index in [9.17, 15) is 0 Å². The molecule has 3 nitrogen and oxygen atoms in total. The summed E-state index contributed by atoms with van der Waals surface area (Å²) in [6, 6.07) is 0.468. The van der Waals surface area contributed by atoms with Crippen molar-refractivity contribution in [3.63, 3.8) is 0 Å². The van der Waals surface area contributed by atoms with Crippen LogP contribution in [0.4, 0.5) is 0 Å². The van der Waals surface area contributed by atoms with E-state index in [2.05, 4.69) is 58.7 Å². The highest BCUT2D eigenvalue weighted by molar-refractivity contribution is 9.10. The van der Waals surface area contributed by atoms with E-state index in [1.807, 2.05) is 6.92 Å². The molecule has 0 saturated carbocycles. The summed E-state index contributed by atoms with van der Waals surface area (Å²) in [4.78, 5) is 0. The van der Waals surface area contributed by atoms with Gasteiger partial charge in [-0.05, 0) is 68.6 Å². The number of rotatable bonds is 7. The van der Waals surface area contributed by atoms with Crippen LogP contribution in [0, 0.1) is 19.8 Å². The molecule has 104 valence electrons. The number of aromatic nitrogens is 2. The van der Waals surface area contributed by atoms with Crippen LogP contribution in [0.1, 0.15) is 51.0 Å². The third kappa shape index (κ3) is 4.39. The van der Waals surface area contributed by atoms with Gasteiger partial charge in [-0.25, -0.2) is 0 Å². The van der Waals surface area contributed by atoms with Gasteiger partial charge in [0, 0.05) is 6.04 Å². The standard InChI is InChI=1S/C14H26BrN3/c1-10(2)9-16-8-6-7-11(3)18-13(5)14(15)12(4)17-18/h10-11,16H,6-9H2,1-5H3. The van der Waals surface area contributed by atoms with Crippen LogP contribution in [-0.2, 0) is 0 Å². The van der Waals surface area contributed by atoms with Crippen LogP contribution in [0.15, 0.2) is 4.47 Å². The third-order valence-electron chi connectivity index (χ3n) is 3.18. The van der Waals surface area contributed by atoms with E-state index in [0.29, 0.717) is 6.04 Å². The maximum absolute atomic E-state index is 4.59. The molecular weight excluding hydrogens is 290 g/mol. The Morgan fingerprint density at radius 2 is 1.94 bits per heavy atom. The van der Waals surface area contributed by atoms with E-state index >= 15 is 0 Å². The Kier molecular flexibility index (Phi) is 6.36. The van der Waals surface area contributed by atoms with Gasteiger partial charge in [0.1, 0.15) is 0 Å². The number of aryl methyl sites for hydroxylation is 1. The van der Waals surface area contributed by atoms with Crippen molar-refractivity contribution in [3.8, 4) is 0 Å². The zero-order valence-electron chi connectivity index (χ0n) is 12.3. The number of hydrogen-bond acceptors (Lipinski definition) is 2. The lowest BCUT2D eigenvalue weighted by Crippen LogP contribution is -2.21. The fourth-order valence-corrected chi connectivity index (χ4v) is 2.37. The number of halogens is 1. The van der Waals surface area contributed by atoms with Crippen LogP contribution in [0.25, 0.3) is 0 Å². The van der Waals surface area contributed by atoms with Gasteiger partial charge in [0.2, 0.25) is 0 Å². The molecule has 0 amide bonds. The van der Waals surface area contributed by atoms with E-state index in [0.717, 1.165) is 29.2 Å². The van der Waals surface area contributed by atoms with Crippen LogP contribution in [-0.4, -0.2) is 22.9 Å². The molecule has 1 rings (SSSR count). The Bertz CT molecular complexity index is 371. The molecule has 0 spiro atoms. The third-order valence-corrected chi connectivity index (χ3v) is 4.33. The first-order chi connectivity index (χ1) is 8.43. The molecule has 1 atom stereocenters. The van der Waals surface area contributed by atoms with Crippen LogP contribution >= 0.6 is 15.9 Å². The molecule has 0 aliphatic rings. The average Bonchev–Trinajstić information content (AvgIpc) is 2.56. The summed E-state index contributed by atoms with van der Waals surface area (Å²) in [5.74, 6) is 0.731. The monoisotopic (exact) mass is 315 g/mol. The van der Waals surface area contributed by atoms with Gasteiger partial charge in [0.05, 0.1) is 15.9 Å². The predicted molar refractivity (Wildman–Crippen MR) is 81.1 cm³/mol. The SMILES string of the molecule is Cc1nn(C(C)CCCNCC(C)C)c(C)c1Br. The minimum atomic E-state index is 0.468. The smallest absolute Gasteiger partial charge is 0.0738 e. The van der Waals surface area contributed by atoms with E-state index in [1.54, 1.807) is 0 Å². The maximum Gasteiger partial charge on any atom is 0.0738 e. The van der Waals surface area contributed by atoms with Crippen molar-refractivity contribution in [1.29, 1.82) is 0 Å². The van der Waals surface area contributed by atoms with Gasteiger partial charge in [-0.2, -0.15) is 5.10 Å². The van der Waals surface area contributed by atoms with Gasteiger partial charge < -0.3 is 5.32 Å². The normalized spacial score (nSPS) is 13.3. The van der Waals surface area contributed by atoms with Crippen molar-refractivity contribution in [1.82, 2.24) is 15.1 Å². The van der Waals surface area contributed by atoms with Gasteiger partial charge >= 0.3 is 0 Å². The number of hydrogen-bond donors (Lipinski definition) is 1. The molecule has 4 heteroatoms. The van der Waals surface area contributed by atoms with Crippen LogP contribution in [0.3, 0.4) is 0 Å². The predicted octanol–water partition coefficient (Wildman–Crippen LogP) is 3.85. The number of nitrogens with one attached hydrogen (secondary N) is 1. The van der Waals surface area contributed by atoms with Gasteiger partial charge in [0.15, 0.2) is 0 Å². The van der Waals surface area contributed by atoms with E-state index < -0.39 is 0 Å². The van der Waals surface area contributed by atoms with Crippen molar-refractivity contribution in [2.75, 3.05) is 13.1 Å². The highest BCUT2D eigenvalue weighted by Gasteiger charge is 2.13. The second-order valence-electron chi connectivity index (χ2n) is 5.52. The van der Waals surface area contributed by atoms with Gasteiger partial charge in [-0.15, -0.1) is 0 Å². The zero-order chi connectivity index (χ0) is 13.7. The lowest BCUT2D eigenvalue weighted by atomic mass is 10.1. The van der Waals surface area contributed by atoms with E-state index in [-0.39, 0.29) is 0 Å². The quantitative estimate of drug-likeness (QED) is 0.774. The summed E-state index contributed by atoms with van der Waals surface area (Å²) in [5, 5.41) is 8.07. The van der Waals surface area contributed by atoms with Gasteiger partial charge in [-0.1, -0.05) is 13.8 Å². The molecule has 0 fully saturated rings. The molecule has 0 radical (unpaired) electrons. The summed E-state index contributed by atoms with van der Waals surface area (Å²) in [6.45, 7) is 13.1. The second-order valence-corrected chi connectivity index (χ2v) is 6.31. The Hall–Kier alpha value is -0.350. The Morgan fingerprint density at radius 1 is 1.28 bits per heavy atom. The Labute approximate surface area is 119 Å². The molecule has 0 aliphatic carbocycles. The first kappa shape index (κ1) is 15.7. The summed E-state index contributed by atoms with van der Waals surface area (Å²) >= 11 is 3.58. The summed E-state index contributed by atoms with van der Waals surface area (Å²) in [5.41, 5.74) is 2.31. The van der Waals surface area contributed by atoms with E-state index in [4.69, 9.17) is 0 Å². The molecule has 1 N–H and O–H groups in total. The van der Waals surface area contributed by atoms with Crippen molar-refractivity contribution in [2.45, 2.75) is 53.5 Å². The minimum absolute atomic E-state index is 0.468. The molecule has 0 saturated heterocycles. The summed E-state index contributed by atoms with van der Waals surface area (Å²) < 4.78 is 3.29. The summed E-state index contributed by atoms with van der Waals surface area (Å²) in [6.07, 6.45) is 2.36. The molecule has 0 aliphatic heterocycles. The molecule has 18 heavy (non-hydrogen) atoms. The van der Waals surface area contributed by atoms with Crippen molar-refractivity contribution < 1.29 is 0 Å². The fraction of sp³-hybridized carbons (Fsp3) is 0.786. The highest BCUT2D eigenvalue weighted by atomic mass is 79.9. The molecule has 1 heterocycles. The zero-order valence-corrected chi connectivity index (χ0v) is 13.8. The second kappa shape index (κ2) is 7.29. The van der Waals surface area contributed by atoms with Crippen LogP contribution in [0.5, 0.6) is 0 Å². The van der Waals surface area contributed by atoms with Gasteiger partial charge in [-0.3, -0.25) is 4.68 Å². The fourth-order valence-electron chi connectivity index (χ4n) is 2.11. The Morgan fingerprint density at radius 3 is 2.44 bits per heavy atom. The molecule has 1 aromatic rings.